The number of amides is 2. The predicted molar refractivity (Wildman–Crippen MR) is 108 cm³/mol. The van der Waals surface area contributed by atoms with E-state index in [0.29, 0.717) is 32.2 Å². The number of hydrogen-bond donors (Lipinski definition) is 4. The van der Waals surface area contributed by atoms with Crippen LogP contribution in [0.25, 0.3) is 0 Å². The number of carbonyl (C=O) groups excluding carboxylic acids is 2. The summed E-state index contributed by atoms with van der Waals surface area (Å²) >= 11 is 0. The van der Waals surface area contributed by atoms with E-state index in [4.69, 9.17) is 0 Å². The Morgan fingerprint density at radius 3 is 2.38 bits per heavy atom. The van der Waals surface area contributed by atoms with Crippen LogP contribution in [0, 0.1) is 11.7 Å². The molecule has 0 radical (unpaired) electrons. The molecule has 1 aromatic carbocycles. The second-order valence-corrected chi connectivity index (χ2v) is 8.52. The Morgan fingerprint density at radius 2 is 1.93 bits per heavy atom. The smallest absolute Gasteiger partial charge is 0.426 e. The first kappa shape index (κ1) is 21.6. The third-order valence-electron chi connectivity index (χ3n) is 5.89. The molecule has 0 spiro atoms. The van der Waals surface area contributed by atoms with Crippen LogP contribution in [0.5, 0.6) is 0 Å². The summed E-state index contributed by atoms with van der Waals surface area (Å²) in [6.45, 7) is 4.56. The van der Waals surface area contributed by atoms with E-state index in [9.17, 15) is 24.0 Å². The van der Waals surface area contributed by atoms with Crippen molar-refractivity contribution in [1.82, 2.24) is 10.6 Å². The molecular weight excluding hydrogens is 376 g/mol. The van der Waals surface area contributed by atoms with Crippen LogP contribution in [0.2, 0.25) is 0 Å². The molecule has 1 aromatic rings. The Bertz CT molecular complexity index is 740. The van der Waals surface area contributed by atoms with Crippen molar-refractivity contribution in [3.63, 3.8) is 0 Å². The molecule has 0 bridgehead atoms. The van der Waals surface area contributed by atoms with Gasteiger partial charge in [-0.25, -0.2) is 4.39 Å². The van der Waals surface area contributed by atoms with Crippen LogP contribution in [-0.2, 0) is 9.59 Å². The number of hydrogen-bond acceptors (Lipinski definition) is 5. The first-order valence-electron chi connectivity index (χ1n) is 10.2. The molecule has 2 fully saturated rings. The van der Waals surface area contributed by atoms with Gasteiger partial charge in [-0.2, -0.15) is 0 Å². The normalized spacial score (nSPS) is 21.0. The van der Waals surface area contributed by atoms with Crippen molar-refractivity contribution in [1.29, 1.82) is 0 Å². The molecule has 29 heavy (non-hydrogen) atoms. The van der Waals surface area contributed by atoms with E-state index in [1.54, 1.807) is 12.1 Å². The van der Waals surface area contributed by atoms with E-state index in [-0.39, 0.29) is 23.5 Å². The fourth-order valence-electron chi connectivity index (χ4n) is 3.93. The van der Waals surface area contributed by atoms with Crippen molar-refractivity contribution in [2.75, 3.05) is 11.4 Å². The number of anilines is 1. The summed E-state index contributed by atoms with van der Waals surface area (Å²) < 4.78 is 13.2. The zero-order valence-corrected chi connectivity index (χ0v) is 16.9. The molecule has 158 valence electrons. The summed E-state index contributed by atoms with van der Waals surface area (Å²) in [4.78, 5) is 27.7. The van der Waals surface area contributed by atoms with Gasteiger partial charge in [0.05, 0.1) is 5.94 Å². The SMILES string of the molecule is CC(C)C[C@@H](NC(=O)C1(NC(=O)[C@@H]2CCN2c2ccc(F)cc2)CCC1)B(O)O. The molecule has 2 aliphatic rings. The Kier molecular flexibility index (Phi) is 6.48. The lowest BCUT2D eigenvalue weighted by Crippen LogP contribution is -2.68. The van der Waals surface area contributed by atoms with Gasteiger partial charge in [-0.1, -0.05) is 13.8 Å². The largest absolute Gasteiger partial charge is 0.475 e. The van der Waals surface area contributed by atoms with Gasteiger partial charge >= 0.3 is 7.12 Å². The highest BCUT2D eigenvalue weighted by Crippen LogP contribution is 2.34. The molecule has 1 saturated carbocycles. The topological polar surface area (TPSA) is 102 Å². The predicted octanol–water partition coefficient (Wildman–Crippen LogP) is 0.986. The maximum atomic E-state index is 13.2. The third kappa shape index (κ3) is 4.72. The van der Waals surface area contributed by atoms with Gasteiger partial charge in [-0.05, 0) is 62.3 Å². The van der Waals surface area contributed by atoms with Crippen molar-refractivity contribution in [3.05, 3.63) is 30.1 Å². The molecule has 7 nitrogen and oxygen atoms in total. The summed E-state index contributed by atoms with van der Waals surface area (Å²) in [5.41, 5.74) is -0.240. The third-order valence-corrected chi connectivity index (χ3v) is 5.89. The Labute approximate surface area is 170 Å². The Morgan fingerprint density at radius 1 is 1.28 bits per heavy atom. The van der Waals surface area contributed by atoms with Crippen molar-refractivity contribution in [2.24, 2.45) is 5.92 Å². The first-order chi connectivity index (χ1) is 13.7. The molecule has 1 saturated heterocycles. The molecule has 0 aromatic heterocycles. The minimum absolute atomic E-state index is 0.174. The zero-order valence-electron chi connectivity index (χ0n) is 16.9. The standard InChI is InChI=1S/C20H29BFN3O4/c1-13(2)12-17(21(28)29)23-19(27)20(9-3-10-20)24-18(26)16-8-11-25(16)15-6-4-14(22)5-7-15/h4-7,13,16-17,28-29H,3,8-12H2,1-2H3,(H,23,27)(H,24,26)/t16-,17+/m0/s1. The fraction of sp³-hybridized carbons (Fsp3) is 0.600. The number of carbonyl (C=O) groups is 2. The molecule has 1 aliphatic carbocycles. The van der Waals surface area contributed by atoms with Crippen LogP contribution in [0.15, 0.2) is 24.3 Å². The van der Waals surface area contributed by atoms with E-state index in [1.807, 2.05) is 18.7 Å². The molecule has 9 heteroatoms. The van der Waals surface area contributed by atoms with Crippen molar-refractivity contribution in [2.45, 2.75) is 63.5 Å². The summed E-state index contributed by atoms with van der Waals surface area (Å²) in [5, 5.41) is 24.8. The monoisotopic (exact) mass is 405 g/mol. The molecule has 0 unspecified atom stereocenters. The highest BCUT2D eigenvalue weighted by atomic mass is 19.1. The van der Waals surface area contributed by atoms with Crippen LogP contribution in [-0.4, -0.2) is 53.0 Å². The molecule has 3 rings (SSSR count). The van der Waals surface area contributed by atoms with Crippen molar-refractivity contribution in [3.8, 4) is 0 Å². The van der Waals surface area contributed by atoms with Crippen LogP contribution in [0.1, 0.15) is 46.0 Å². The van der Waals surface area contributed by atoms with E-state index in [1.165, 1.54) is 12.1 Å². The fourth-order valence-corrected chi connectivity index (χ4v) is 3.93. The highest BCUT2D eigenvalue weighted by molar-refractivity contribution is 6.43. The number of benzene rings is 1. The number of nitrogens with zero attached hydrogens (tertiary/aromatic N) is 1. The molecular formula is C20H29BFN3O4. The maximum absolute atomic E-state index is 13.2. The lowest BCUT2D eigenvalue weighted by molar-refractivity contribution is -0.138. The average Bonchev–Trinajstić information content (AvgIpc) is 2.57. The van der Waals surface area contributed by atoms with Crippen LogP contribution < -0.4 is 15.5 Å². The second-order valence-electron chi connectivity index (χ2n) is 8.52. The summed E-state index contributed by atoms with van der Waals surface area (Å²) in [5.74, 6) is -1.55. The van der Waals surface area contributed by atoms with Gasteiger partial charge in [0.2, 0.25) is 11.8 Å². The van der Waals surface area contributed by atoms with E-state index in [0.717, 1.165) is 12.1 Å². The quantitative estimate of drug-likeness (QED) is 0.483. The van der Waals surface area contributed by atoms with E-state index in [2.05, 4.69) is 10.6 Å². The van der Waals surface area contributed by atoms with Gasteiger partial charge in [0, 0.05) is 12.2 Å². The maximum Gasteiger partial charge on any atom is 0.475 e. The molecule has 2 amide bonds. The first-order valence-corrected chi connectivity index (χ1v) is 10.2. The average molecular weight is 405 g/mol. The van der Waals surface area contributed by atoms with Crippen LogP contribution >= 0.6 is 0 Å². The van der Waals surface area contributed by atoms with Gasteiger partial charge in [0.1, 0.15) is 17.4 Å². The van der Waals surface area contributed by atoms with Gasteiger partial charge in [0.15, 0.2) is 0 Å². The molecule has 1 aliphatic heterocycles. The summed E-state index contributed by atoms with van der Waals surface area (Å²) in [6.07, 6.45) is 2.94. The number of halogens is 1. The minimum atomic E-state index is -1.66. The lowest BCUT2D eigenvalue weighted by Gasteiger charge is -2.46. The highest BCUT2D eigenvalue weighted by Gasteiger charge is 2.48. The lowest BCUT2D eigenvalue weighted by atomic mass is 9.72. The second kappa shape index (κ2) is 8.71. The Hall–Kier alpha value is -2.13. The summed E-state index contributed by atoms with van der Waals surface area (Å²) in [7, 11) is -1.66. The van der Waals surface area contributed by atoms with Crippen LogP contribution in [0.3, 0.4) is 0 Å². The Balaban J connectivity index is 1.64. The number of nitrogens with one attached hydrogen (secondary N) is 2. The van der Waals surface area contributed by atoms with Gasteiger partial charge in [-0.15, -0.1) is 0 Å². The van der Waals surface area contributed by atoms with E-state index < -0.39 is 24.6 Å². The molecule has 1 heterocycles. The van der Waals surface area contributed by atoms with Gasteiger partial charge in [0.25, 0.3) is 0 Å². The van der Waals surface area contributed by atoms with Crippen LogP contribution in [0.4, 0.5) is 10.1 Å². The van der Waals surface area contributed by atoms with Crippen molar-refractivity contribution < 1.29 is 24.0 Å². The number of rotatable bonds is 8. The zero-order chi connectivity index (χ0) is 21.2. The van der Waals surface area contributed by atoms with Gasteiger partial charge < -0.3 is 25.6 Å². The minimum Gasteiger partial charge on any atom is -0.426 e. The molecule has 4 N–H and O–H groups in total. The molecule has 2 atom stereocenters. The summed E-state index contributed by atoms with van der Waals surface area (Å²) in [6, 6.07) is 5.59. The van der Waals surface area contributed by atoms with Gasteiger partial charge in [-0.3, -0.25) is 9.59 Å². The van der Waals surface area contributed by atoms with Crippen molar-refractivity contribution >= 4 is 24.6 Å². The van der Waals surface area contributed by atoms with E-state index >= 15 is 0 Å².